The Hall–Kier alpha value is -0.470. The van der Waals surface area contributed by atoms with Gasteiger partial charge in [0.15, 0.2) is 0 Å². The summed E-state index contributed by atoms with van der Waals surface area (Å²) in [6.07, 6.45) is 3.24. The maximum absolute atomic E-state index is 5.27. The van der Waals surface area contributed by atoms with Crippen LogP contribution in [0.25, 0.3) is 0 Å². The van der Waals surface area contributed by atoms with Crippen LogP contribution >= 0.6 is 11.6 Å². The number of ether oxygens (including phenoxy) is 1. The molecule has 0 aliphatic heterocycles. The van der Waals surface area contributed by atoms with Crippen LogP contribution in [0.15, 0.2) is 23.0 Å². The van der Waals surface area contributed by atoms with E-state index in [4.69, 9.17) is 20.8 Å². The topological polar surface area (TPSA) is 22.4 Å². The molecule has 1 aromatic heterocycles. The van der Waals surface area contributed by atoms with Crippen LogP contribution in [0.1, 0.15) is 5.56 Å². The van der Waals surface area contributed by atoms with Crippen LogP contribution in [-0.4, -0.2) is 6.07 Å². The third-order valence-corrected chi connectivity index (χ3v) is 1.08. The second-order valence-corrected chi connectivity index (χ2v) is 1.81. The van der Waals surface area contributed by atoms with Gasteiger partial charge in [-0.1, -0.05) is 11.6 Å². The molecule has 0 radical (unpaired) electrons. The Bertz CT molecular complexity index is 148. The minimum absolute atomic E-state index is 0.227. The Labute approximate surface area is 58.4 Å². The van der Waals surface area contributed by atoms with E-state index in [0.717, 1.165) is 5.56 Å². The molecule has 1 rings (SSSR count). The maximum Gasteiger partial charge on any atom is 0.121 e. The molecule has 0 saturated heterocycles. The highest BCUT2D eigenvalue weighted by Crippen LogP contribution is 2.01. The molecule has 50 valence electrons. The Morgan fingerprint density at radius 1 is 1.67 bits per heavy atom. The molecule has 0 unspecified atom stereocenters. The Morgan fingerprint density at radius 3 is 3.11 bits per heavy atom. The zero-order valence-corrected chi connectivity index (χ0v) is 5.60. The molecular weight excluding hydrogens is 140 g/mol. The molecule has 0 saturated carbocycles. The van der Waals surface area contributed by atoms with Crippen LogP contribution in [0.3, 0.4) is 0 Å². The smallest absolute Gasteiger partial charge is 0.121 e. The molecule has 2 nitrogen and oxygen atoms in total. The lowest BCUT2D eigenvalue weighted by Gasteiger charge is -1.92. The molecule has 0 atom stereocenters. The second-order valence-electron chi connectivity index (χ2n) is 1.59. The van der Waals surface area contributed by atoms with Crippen molar-refractivity contribution in [2.75, 3.05) is 6.07 Å². The predicted molar refractivity (Wildman–Crippen MR) is 34.2 cm³/mol. The van der Waals surface area contributed by atoms with Crippen molar-refractivity contribution in [3.8, 4) is 0 Å². The average molecular weight is 147 g/mol. The number of alkyl halides is 1. The standard InChI is InChI=1S/C6H7ClO2/c7-5-9-4-6-1-2-8-3-6/h1-3H,4-5H2. The third kappa shape index (κ3) is 2.08. The van der Waals surface area contributed by atoms with Crippen LogP contribution in [0.4, 0.5) is 0 Å². The maximum atomic E-state index is 5.27. The summed E-state index contributed by atoms with van der Waals surface area (Å²) in [5.74, 6) is 0. The van der Waals surface area contributed by atoms with Gasteiger partial charge < -0.3 is 9.15 Å². The molecule has 0 spiro atoms. The van der Waals surface area contributed by atoms with Gasteiger partial charge in [0, 0.05) is 5.56 Å². The summed E-state index contributed by atoms with van der Waals surface area (Å²) in [6.45, 7) is 0.528. The first-order valence-electron chi connectivity index (χ1n) is 2.58. The van der Waals surface area contributed by atoms with Gasteiger partial charge in [-0.25, -0.2) is 0 Å². The van der Waals surface area contributed by atoms with E-state index in [0.29, 0.717) is 6.61 Å². The van der Waals surface area contributed by atoms with Gasteiger partial charge in [-0.2, -0.15) is 0 Å². The van der Waals surface area contributed by atoms with Gasteiger partial charge in [-0.15, -0.1) is 0 Å². The van der Waals surface area contributed by atoms with Gasteiger partial charge in [0.2, 0.25) is 0 Å². The van der Waals surface area contributed by atoms with E-state index < -0.39 is 0 Å². The molecule has 9 heavy (non-hydrogen) atoms. The molecule has 3 heteroatoms. The molecule has 1 aromatic rings. The predicted octanol–water partition coefficient (Wildman–Crippen LogP) is 1.99. The lowest BCUT2D eigenvalue weighted by Crippen LogP contribution is -1.86. The van der Waals surface area contributed by atoms with Crippen molar-refractivity contribution in [1.82, 2.24) is 0 Å². The molecule has 0 aliphatic carbocycles. The molecule has 0 bridgehead atoms. The third-order valence-electron chi connectivity index (χ3n) is 0.926. The molecule has 0 aliphatic rings. The van der Waals surface area contributed by atoms with E-state index in [9.17, 15) is 0 Å². The van der Waals surface area contributed by atoms with Crippen LogP contribution in [0.5, 0.6) is 0 Å². The fourth-order valence-electron chi connectivity index (χ4n) is 0.531. The summed E-state index contributed by atoms with van der Waals surface area (Å²) in [6, 6.07) is 2.07. The van der Waals surface area contributed by atoms with Crippen molar-refractivity contribution in [1.29, 1.82) is 0 Å². The fourth-order valence-corrected chi connectivity index (χ4v) is 0.608. The van der Waals surface area contributed by atoms with Gasteiger partial charge in [0.25, 0.3) is 0 Å². The summed E-state index contributed by atoms with van der Waals surface area (Å²) in [5.41, 5.74) is 1.01. The largest absolute Gasteiger partial charge is 0.472 e. The lowest BCUT2D eigenvalue weighted by molar-refractivity contribution is 0.165. The van der Waals surface area contributed by atoms with Crippen molar-refractivity contribution in [2.24, 2.45) is 0 Å². The summed E-state index contributed by atoms with van der Waals surface area (Å²) < 4.78 is 9.67. The molecule has 0 fully saturated rings. The number of rotatable bonds is 3. The quantitative estimate of drug-likeness (QED) is 0.609. The van der Waals surface area contributed by atoms with Crippen molar-refractivity contribution in [3.05, 3.63) is 24.2 Å². The minimum Gasteiger partial charge on any atom is -0.472 e. The van der Waals surface area contributed by atoms with Gasteiger partial charge in [-0.3, -0.25) is 0 Å². The van der Waals surface area contributed by atoms with E-state index >= 15 is 0 Å². The van der Waals surface area contributed by atoms with Crippen molar-refractivity contribution < 1.29 is 9.15 Å². The average Bonchev–Trinajstić information content (AvgIpc) is 2.34. The van der Waals surface area contributed by atoms with Gasteiger partial charge >= 0.3 is 0 Å². The van der Waals surface area contributed by atoms with Crippen LogP contribution in [0.2, 0.25) is 0 Å². The highest BCUT2D eigenvalue weighted by Gasteiger charge is 1.90. The fraction of sp³-hybridized carbons (Fsp3) is 0.333. The Kier molecular flexibility index (Phi) is 2.61. The minimum atomic E-state index is 0.227. The highest BCUT2D eigenvalue weighted by molar-refractivity contribution is 6.17. The monoisotopic (exact) mass is 146 g/mol. The Balaban J connectivity index is 2.30. The van der Waals surface area contributed by atoms with E-state index in [1.54, 1.807) is 12.5 Å². The van der Waals surface area contributed by atoms with Crippen LogP contribution < -0.4 is 0 Å². The molecule has 0 amide bonds. The van der Waals surface area contributed by atoms with E-state index in [1.165, 1.54) is 0 Å². The molecule has 0 aromatic carbocycles. The number of hydrogen-bond donors (Lipinski definition) is 0. The van der Waals surface area contributed by atoms with Gasteiger partial charge in [0.05, 0.1) is 19.1 Å². The summed E-state index contributed by atoms with van der Waals surface area (Å²) in [5, 5.41) is 0. The number of furan rings is 1. The number of halogens is 1. The summed E-state index contributed by atoms with van der Waals surface area (Å²) in [4.78, 5) is 0. The zero-order valence-electron chi connectivity index (χ0n) is 4.84. The number of hydrogen-bond acceptors (Lipinski definition) is 2. The molecule has 0 N–H and O–H groups in total. The summed E-state index contributed by atoms with van der Waals surface area (Å²) in [7, 11) is 0. The molecular formula is C6H7ClO2. The van der Waals surface area contributed by atoms with Gasteiger partial charge in [-0.05, 0) is 6.07 Å². The first kappa shape index (κ1) is 6.65. The van der Waals surface area contributed by atoms with Crippen LogP contribution in [0, 0.1) is 0 Å². The van der Waals surface area contributed by atoms with Gasteiger partial charge in [0.1, 0.15) is 6.07 Å². The first-order chi connectivity index (χ1) is 4.43. The SMILES string of the molecule is ClCOCc1ccoc1. The van der Waals surface area contributed by atoms with Crippen LogP contribution in [-0.2, 0) is 11.3 Å². The second kappa shape index (κ2) is 3.54. The van der Waals surface area contributed by atoms with Crippen molar-refractivity contribution in [3.63, 3.8) is 0 Å². The summed E-state index contributed by atoms with van der Waals surface area (Å²) >= 11 is 5.27. The molecule has 1 heterocycles. The van der Waals surface area contributed by atoms with Crippen molar-refractivity contribution >= 4 is 11.6 Å². The van der Waals surface area contributed by atoms with Crippen molar-refractivity contribution in [2.45, 2.75) is 6.61 Å². The highest BCUT2D eigenvalue weighted by atomic mass is 35.5. The normalized spacial score (nSPS) is 9.89. The first-order valence-corrected chi connectivity index (χ1v) is 3.11. The van der Waals surface area contributed by atoms with E-state index in [1.807, 2.05) is 6.07 Å². The lowest BCUT2D eigenvalue weighted by atomic mass is 10.4. The Morgan fingerprint density at radius 2 is 2.56 bits per heavy atom. The van der Waals surface area contributed by atoms with E-state index in [2.05, 4.69) is 0 Å². The van der Waals surface area contributed by atoms with E-state index in [-0.39, 0.29) is 6.07 Å². The zero-order chi connectivity index (χ0) is 6.53.